The summed E-state index contributed by atoms with van der Waals surface area (Å²) in [4.78, 5) is 30.1. The van der Waals surface area contributed by atoms with E-state index in [9.17, 15) is 18.0 Å². The molecule has 2 unspecified atom stereocenters. The van der Waals surface area contributed by atoms with E-state index in [1.165, 1.54) is 24.1 Å². The highest BCUT2D eigenvalue weighted by atomic mass is 32.2. The quantitative estimate of drug-likeness (QED) is 0.192. The molecule has 0 spiro atoms. The van der Waals surface area contributed by atoms with Gasteiger partial charge in [-0.3, -0.25) is 13.9 Å². The van der Waals surface area contributed by atoms with Crippen molar-refractivity contribution in [3.63, 3.8) is 0 Å². The van der Waals surface area contributed by atoms with Gasteiger partial charge in [0.25, 0.3) is 10.0 Å². The predicted octanol–water partition coefficient (Wildman–Crippen LogP) is 5.75. The first-order chi connectivity index (χ1) is 21.6. The number of carbonyl (C=O) groups is 2. The summed E-state index contributed by atoms with van der Waals surface area (Å²) in [6.45, 7) is 5.46. The average molecular weight is 628 g/mol. The zero-order chi connectivity index (χ0) is 32.4. The maximum Gasteiger partial charge on any atom is 0.264 e. The van der Waals surface area contributed by atoms with Crippen molar-refractivity contribution >= 4 is 27.5 Å². The lowest BCUT2D eigenvalue weighted by atomic mass is 10.0. The molecule has 236 valence electrons. The molecule has 4 aromatic rings. The Kier molecular flexibility index (Phi) is 11.4. The summed E-state index contributed by atoms with van der Waals surface area (Å²) in [5.74, 6) is -0.251. The van der Waals surface area contributed by atoms with Crippen LogP contribution in [-0.2, 0) is 32.6 Å². The van der Waals surface area contributed by atoms with Gasteiger partial charge < -0.3 is 15.0 Å². The van der Waals surface area contributed by atoms with Crippen LogP contribution in [-0.4, -0.2) is 50.9 Å². The number of carbonyl (C=O) groups excluding carboxylic acids is 2. The fourth-order valence-electron chi connectivity index (χ4n) is 4.96. The second-order valence-electron chi connectivity index (χ2n) is 11.0. The zero-order valence-electron chi connectivity index (χ0n) is 26.2. The summed E-state index contributed by atoms with van der Waals surface area (Å²) >= 11 is 0. The molecule has 1 N–H and O–H groups in total. The van der Waals surface area contributed by atoms with Crippen LogP contribution in [0.5, 0.6) is 5.75 Å². The van der Waals surface area contributed by atoms with E-state index in [0.717, 1.165) is 27.4 Å². The molecule has 8 nitrogen and oxygen atoms in total. The number of nitrogens with one attached hydrogen (secondary N) is 1. The Balaban J connectivity index is 1.81. The second kappa shape index (κ2) is 15.4. The van der Waals surface area contributed by atoms with Gasteiger partial charge in [-0.15, -0.1) is 0 Å². The lowest BCUT2D eigenvalue weighted by Crippen LogP contribution is -2.54. The van der Waals surface area contributed by atoms with E-state index < -0.39 is 28.5 Å². The largest absolute Gasteiger partial charge is 0.497 e. The van der Waals surface area contributed by atoms with E-state index in [4.69, 9.17) is 4.74 Å². The van der Waals surface area contributed by atoms with Gasteiger partial charge in [0.2, 0.25) is 11.8 Å². The molecule has 0 aliphatic carbocycles. The molecular formula is C36H41N3O5S. The minimum atomic E-state index is -4.17. The van der Waals surface area contributed by atoms with Crippen molar-refractivity contribution in [2.24, 2.45) is 0 Å². The topological polar surface area (TPSA) is 96.0 Å². The molecule has 45 heavy (non-hydrogen) atoms. The molecule has 4 aromatic carbocycles. The zero-order valence-corrected chi connectivity index (χ0v) is 27.0. The van der Waals surface area contributed by atoms with E-state index in [2.05, 4.69) is 5.32 Å². The van der Waals surface area contributed by atoms with E-state index >= 15 is 0 Å². The van der Waals surface area contributed by atoms with Gasteiger partial charge in [0.15, 0.2) is 0 Å². The summed E-state index contributed by atoms with van der Waals surface area (Å²) < 4.78 is 34.5. The van der Waals surface area contributed by atoms with E-state index in [-0.39, 0.29) is 29.8 Å². The Bertz CT molecular complexity index is 1660. The molecule has 2 amide bonds. The van der Waals surface area contributed by atoms with E-state index in [1.807, 2.05) is 75.4 Å². The number of nitrogens with zero attached hydrogens (tertiary/aromatic N) is 2. The van der Waals surface area contributed by atoms with Gasteiger partial charge in [0, 0.05) is 19.0 Å². The summed E-state index contributed by atoms with van der Waals surface area (Å²) in [7, 11) is -2.64. The van der Waals surface area contributed by atoms with Crippen LogP contribution in [0.15, 0.2) is 114 Å². The maximum atomic E-state index is 14.6. The first-order valence-corrected chi connectivity index (χ1v) is 16.5. The van der Waals surface area contributed by atoms with Gasteiger partial charge in [0.1, 0.15) is 18.3 Å². The Morgan fingerprint density at radius 2 is 1.44 bits per heavy atom. The second-order valence-corrected chi connectivity index (χ2v) is 12.9. The normalized spacial score (nSPS) is 12.5. The molecule has 0 radical (unpaired) electrons. The standard InChI is InChI=1S/C36H41N3O5S/c1-5-28(3)37-36(41)34(24-29-15-8-6-9-16-29)38(25-30-17-13-12-14-27(30)2)35(40)26-39(31-20-22-32(44-4)23-21-31)45(42,43)33-18-10-7-11-19-33/h6-23,28,34H,5,24-26H2,1-4H3,(H,37,41). The van der Waals surface area contributed by atoms with Crippen molar-refractivity contribution in [1.29, 1.82) is 0 Å². The number of benzene rings is 4. The summed E-state index contributed by atoms with van der Waals surface area (Å²) in [5, 5.41) is 3.06. The summed E-state index contributed by atoms with van der Waals surface area (Å²) in [5.41, 5.74) is 3.00. The van der Waals surface area contributed by atoms with Crippen LogP contribution < -0.4 is 14.4 Å². The molecule has 0 aromatic heterocycles. The Labute approximate surface area is 266 Å². The highest BCUT2D eigenvalue weighted by Gasteiger charge is 2.35. The number of methoxy groups -OCH3 is 1. The Morgan fingerprint density at radius 1 is 0.844 bits per heavy atom. The van der Waals surface area contributed by atoms with Crippen LogP contribution in [0.2, 0.25) is 0 Å². The lowest BCUT2D eigenvalue weighted by molar-refractivity contribution is -0.140. The SMILES string of the molecule is CCC(C)NC(=O)C(Cc1ccccc1)N(Cc1ccccc1C)C(=O)CN(c1ccc(OC)cc1)S(=O)(=O)c1ccccc1. The molecule has 9 heteroatoms. The van der Waals surface area contributed by atoms with Gasteiger partial charge in [-0.25, -0.2) is 8.42 Å². The van der Waals surface area contributed by atoms with Crippen LogP contribution in [0.1, 0.15) is 37.0 Å². The third-order valence-electron chi connectivity index (χ3n) is 7.84. The van der Waals surface area contributed by atoms with Gasteiger partial charge in [0.05, 0.1) is 17.7 Å². The van der Waals surface area contributed by atoms with Gasteiger partial charge in [-0.05, 0) is 73.4 Å². The lowest BCUT2D eigenvalue weighted by Gasteiger charge is -2.34. The maximum absolute atomic E-state index is 14.6. The van der Waals surface area contributed by atoms with Gasteiger partial charge in [-0.1, -0.05) is 79.7 Å². The van der Waals surface area contributed by atoms with Crippen molar-refractivity contribution in [3.05, 3.63) is 126 Å². The minimum absolute atomic E-state index is 0.0504. The number of anilines is 1. The summed E-state index contributed by atoms with van der Waals surface area (Å²) in [6, 6.07) is 30.7. The number of ether oxygens (including phenoxy) is 1. The third kappa shape index (κ3) is 8.51. The number of rotatable bonds is 14. The first kappa shape index (κ1) is 33.3. The minimum Gasteiger partial charge on any atom is -0.497 e. The predicted molar refractivity (Wildman–Crippen MR) is 178 cm³/mol. The number of hydrogen-bond acceptors (Lipinski definition) is 5. The number of amides is 2. The fourth-order valence-corrected chi connectivity index (χ4v) is 6.40. The van der Waals surface area contributed by atoms with Crippen LogP contribution >= 0.6 is 0 Å². The highest BCUT2D eigenvalue weighted by Crippen LogP contribution is 2.27. The molecule has 0 aliphatic rings. The Morgan fingerprint density at radius 3 is 2.04 bits per heavy atom. The highest BCUT2D eigenvalue weighted by molar-refractivity contribution is 7.92. The van der Waals surface area contributed by atoms with Crippen LogP contribution in [0, 0.1) is 6.92 Å². The van der Waals surface area contributed by atoms with Crippen molar-refractivity contribution < 1.29 is 22.7 Å². The molecule has 0 heterocycles. The average Bonchev–Trinajstić information content (AvgIpc) is 3.06. The van der Waals surface area contributed by atoms with E-state index in [0.29, 0.717) is 11.4 Å². The molecule has 0 saturated carbocycles. The molecule has 0 bridgehead atoms. The number of sulfonamides is 1. The molecule has 0 saturated heterocycles. The van der Waals surface area contributed by atoms with Crippen LogP contribution in [0.3, 0.4) is 0 Å². The molecule has 2 atom stereocenters. The molecular weight excluding hydrogens is 586 g/mol. The first-order valence-electron chi connectivity index (χ1n) is 15.0. The van der Waals surface area contributed by atoms with Gasteiger partial charge >= 0.3 is 0 Å². The Hall–Kier alpha value is -4.63. The third-order valence-corrected chi connectivity index (χ3v) is 9.63. The molecule has 4 rings (SSSR count). The van der Waals surface area contributed by atoms with Crippen LogP contribution in [0.4, 0.5) is 5.69 Å². The number of hydrogen-bond donors (Lipinski definition) is 1. The fraction of sp³-hybridized carbons (Fsp3) is 0.278. The monoisotopic (exact) mass is 627 g/mol. The smallest absolute Gasteiger partial charge is 0.264 e. The van der Waals surface area contributed by atoms with E-state index in [1.54, 1.807) is 42.5 Å². The summed E-state index contributed by atoms with van der Waals surface area (Å²) in [6.07, 6.45) is 0.977. The molecule has 0 fully saturated rings. The van der Waals surface area contributed by atoms with Crippen LogP contribution in [0.25, 0.3) is 0 Å². The number of aryl methyl sites for hydroxylation is 1. The van der Waals surface area contributed by atoms with Crippen molar-refractivity contribution in [2.75, 3.05) is 18.0 Å². The van der Waals surface area contributed by atoms with Crippen molar-refractivity contribution in [2.45, 2.75) is 57.1 Å². The van der Waals surface area contributed by atoms with Gasteiger partial charge in [-0.2, -0.15) is 0 Å². The van der Waals surface area contributed by atoms with Crippen molar-refractivity contribution in [1.82, 2.24) is 10.2 Å². The molecule has 0 aliphatic heterocycles. The van der Waals surface area contributed by atoms with Crippen molar-refractivity contribution in [3.8, 4) is 5.75 Å².